The molecule has 1 aliphatic carbocycles. The number of carbonyl (C=O) groups is 4. The summed E-state index contributed by atoms with van der Waals surface area (Å²) < 4.78 is 49.6. The smallest absolute Gasteiger partial charge is 0.453 e. The summed E-state index contributed by atoms with van der Waals surface area (Å²) in [6.07, 6.45) is -1.40. The Balaban J connectivity index is 0.993. The molecule has 1 aromatic heterocycles. The van der Waals surface area contributed by atoms with Gasteiger partial charge in [0.2, 0.25) is 11.8 Å². The van der Waals surface area contributed by atoms with Crippen LogP contribution in [0.4, 0.5) is 28.4 Å². The summed E-state index contributed by atoms with van der Waals surface area (Å²) in [5.74, 6) is -0.603. The quantitative estimate of drug-likeness (QED) is 0.174. The van der Waals surface area contributed by atoms with Crippen molar-refractivity contribution >= 4 is 64.4 Å². The molecule has 3 saturated heterocycles. The van der Waals surface area contributed by atoms with Crippen LogP contribution in [0.5, 0.6) is 5.75 Å². The molecule has 62 heavy (non-hydrogen) atoms. The largest absolute Gasteiger partial charge is 0.573 e. The predicted octanol–water partition coefficient (Wildman–Crippen LogP) is 7.92. The maximum atomic E-state index is 13.8. The Labute approximate surface area is 372 Å². The number of hydrogen-bond donors (Lipinski definition) is 3. The van der Waals surface area contributed by atoms with Crippen molar-refractivity contribution in [1.82, 2.24) is 34.9 Å². The third kappa shape index (κ3) is 10.3. The minimum Gasteiger partial charge on any atom is -0.453 e. The molecular weight excluding hydrogens is 876 g/mol. The number of piperidine rings is 1. The average Bonchev–Trinajstić information content (AvgIpc) is 3.51. The second kappa shape index (κ2) is 18.3. The molecule has 3 N–H and O–H groups in total. The number of alkyl carbamates (subject to hydrolysis) is 1. The summed E-state index contributed by atoms with van der Waals surface area (Å²) in [7, 11) is 1.24. The number of aromatic nitrogens is 2. The number of methoxy groups -OCH3 is 1. The van der Waals surface area contributed by atoms with Gasteiger partial charge >= 0.3 is 18.5 Å². The van der Waals surface area contributed by atoms with Crippen LogP contribution in [0.3, 0.4) is 0 Å². The Kier molecular flexibility index (Phi) is 13.5. The number of amides is 5. The fourth-order valence-corrected chi connectivity index (χ4v) is 9.34. The van der Waals surface area contributed by atoms with Gasteiger partial charge in [0.1, 0.15) is 21.9 Å². The van der Waals surface area contributed by atoms with Gasteiger partial charge in [-0.2, -0.15) is 0 Å². The highest BCUT2D eigenvalue weighted by Gasteiger charge is 2.57. The molecule has 20 heteroatoms. The van der Waals surface area contributed by atoms with Crippen LogP contribution >= 0.6 is 34.8 Å². The van der Waals surface area contributed by atoms with Crippen LogP contribution in [-0.4, -0.2) is 129 Å². The number of benzene rings is 2. The van der Waals surface area contributed by atoms with Crippen molar-refractivity contribution < 1.29 is 41.8 Å². The van der Waals surface area contributed by atoms with E-state index in [9.17, 15) is 32.3 Å². The molecule has 4 fully saturated rings. The molecule has 4 atom stereocenters. The molecule has 0 bridgehead atoms. The van der Waals surface area contributed by atoms with E-state index in [1.54, 1.807) is 40.3 Å². The molecule has 4 aliphatic rings. The second-order valence-electron chi connectivity index (χ2n) is 16.9. The van der Waals surface area contributed by atoms with E-state index in [1.807, 2.05) is 25.7 Å². The summed E-state index contributed by atoms with van der Waals surface area (Å²) in [5, 5.41) is 5.34. The number of urea groups is 1. The number of piperazine rings is 1. The Morgan fingerprint density at radius 3 is 2.21 bits per heavy atom. The van der Waals surface area contributed by atoms with E-state index >= 15 is 0 Å². The zero-order chi connectivity index (χ0) is 44.7. The summed E-state index contributed by atoms with van der Waals surface area (Å²) in [6, 6.07) is 7.65. The van der Waals surface area contributed by atoms with Crippen LogP contribution < -0.4 is 15.4 Å². The van der Waals surface area contributed by atoms with Gasteiger partial charge in [0.05, 0.1) is 41.7 Å². The van der Waals surface area contributed by atoms with Crippen LogP contribution in [0.1, 0.15) is 58.3 Å². The molecule has 7 rings (SSSR count). The van der Waals surface area contributed by atoms with Crippen molar-refractivity contribution in [3.8, 4) is 28.1 Å². The van der Waals surface area contributed by atoms with Gasteiger partial charge in [-0.05, 0) is 54.7 Å². The first-order valence-corrected chi connectivity index (χ1v) is 21.8. The molecule has 2 unspecified atom stereocenters. The molecule has 1 saturated carbocycles. The van der Waals surface area contributed by atoms with E-state index in [4.69, 9.17) is 39.5 Å². The minimum absolute atomic E-state index is 0.00388. The summed E-state index contributed by atoms with van der Waals surface area (Å²) >= 11 is 18.8. The first kappa shape index (κ1) is 45.6. The lowest BCUT2D eigenvalue weighted by Crippen LogP contribution is -2.55. The number of aromatic amines is 1. The highest BCUT2D eigenvalue weighted by atomic mass is 35.5. The lowest BCUT2D eigenvalue weighted by Gasteiger charge is -2.42. The summed E-state index contributed by atoms with van der Waals surface area (Å²) in [5.41, 5.74) is 1.69. The van der Waals surface area contributed by atoms with Crippen molar-refractivity contribution in [3.63, 3.8) is 0 Å². The normalized spacial score (nSPS) is 22.4. The second-order valence-corrected chi connectivity index (χ2v) is 18.8. The van der Waals surface area contributed by atoms with Gasteiger partial charge in [-0.1, -0.05) is 56.6 Å². The van der Waals surface area contributed by atoms with Gasteiger partial charge in [0, 0.05) is 63.5 Å². The van der Waals surface area contributed by atoms with E-state index in [2.05, 4.69) is 30.2 Å². The van der Waals surface area contributed by atoms with Gasteiger partial charge in [-0.15, -0.1) is 36.4 Å². The maximum absolute atomic E-state index is 13.8. The molecular formula is C42H50Cl3F3N8O6. The minimum atomic E-state index is -5.04. The van der Waals surface area contributed by atoms with Gasteiger partial charge in [-0.25, -0.2) is 14.6 Å². The predicted molar refractivity (Wildman–Crippen MR) is 228 cm³/mol. The van der Waals surface area contributed by atoms with Crippen LogP contribution in [0, 0.1) is 17.8 Å². The maximum Gasteiger partial charge on any atom is 0.573 e. The van der Waals surface area contributed by atoms with E-state index < -0.39 is 34.6 Å². The molecule has 4 heterocycles. The van der Waals surface area contributed by atoms with Crippen LogP contribution in [0.25, 0.3) is 22.4 Å². The lowest BCUT2D eigenvalue weighted by atomic mass is 10.0. The Morgan fingerprint density at radius 1 is 0.968 bits per heavy atom. The SMILES string of the molecule is COC(=O)NC(C(=O)N1CC(C)C[C@H]1c1ncc(-c2ccc(-c3cc(Cl)c(NC(=O)N4CCN(C5CCN(C(=O)[C@@H]6CC6(Cl)Cl)CC5)CC4)cc3OC(F)(F)F)cc2)[nH]1)C(C)C. The highest BCUT2D eigenvalue weighted by molar-refractivity contribution is 6.52. The van der Waals surface area contributed by atoms with Crippen LogP contribution in [-0.2, 0) is 14.3 Å². The third-order valence-corrected chi connectivity index (χ3v) is 13.3. The number of nitrogens with one attached hydrogen (secondary N) is 3. The van der Waals surface area contributed by atoms with Gasteiger partial charge < -0.3 is 39.8 Å². The number of halogens is 6. The van der Waals surface area contributed by atoms with E-state index in [0.717, 1.165) is 18.9 Å². The van der Waals surface area contributed by atoms with Crippen molar-refractivity contribution in [2.45, 2.75) is 75.3 Å². The molecule has 0 spiro atoms. The molecule has 14 nitrogen and oxygen atoms in total. The number of H-pyrrole nitrogens is 1. The summed E-state index contributed by atoms with van der Waals surface area (Å²) in [6.45, 7) is 9.39. The number of imidazole rings is 1. The number of alkyl halides is 5. The van der Waals surface area contributed by atoms with Crippen molar-refractivity contribution in [3.05, 3.63) is 53.4 Å². The van der Waals surface area contributed by atoms with Gasteiger partial charge in [0.25, 0.3) is 0 Å². The topological polar surface area (TPSA) is 152 Å². The molecule has 0 radical (unpaired) electrons. The van der Waals surface area contributed by atoms with Gasteiger partial charge in [0.15, 0.2) is 0 Å². The Morgan fingerprint density at radius 2 is 1.61 bits per heavy atom. The van der Waals surface area contributed by atoms with Crippen LogP contribution in [0.15, 0.2) is 42.6 Å². The molecule has 336 valence electrons. The average molecular weight is 926 g/mol. The molecule has 3 aromatic rings. The van der Waals surface area contributed by atoms with E-state index in [0.29, 0.717) is 81.3 Å². The number of anilines is 1. The number of nitrogens with zero attached hydrogens (tertiary/aromatic N) is 5. The Hall–Kier alpha value is -4.45. The first-order chi connectivity index (χ1) is 29.3. The monoisotopic (exact) mass is 924 g/mol. The lowest BCUT2D eigenvalue weighted by molar-refractivity contribution is -0.274. The zero-order valence-electron chi connectivity index (χ0n) is 34.7. The van der Waals surface area contributed by atoms with E-state index in [1.165, 1.54) is 13.2 Å². The van der Waals surface area contributed by atoms with Crippen molar-refractivity contribution in [2.24, 2.45) is 17.8 Å². The van der Waals surface area contributed by atoms with Gasteiger partial charge in [-0.3, -0.25) is 14.5 Å². The highest BCUT2D eigenvalue weighted by Crippen LogP contribution is 2.54. The number of likely N-dealkylation sites (tertiary alicyclic amines) is 2. The van der Waals surface area contributed by atoms with Crippen molar-refractivity contribution in [1.29, 1.82) is 0 Å². The Bertz CT molecular complexity index is 2140. The fraction of sp³-hybridized carbons (Fsp3) is 0.548. The van der Waals surface area contributed by atoms with Crippen molar-refractivity contribution in [2.75, 3.05) is 58.2 Å². The molecule has 3 aliphatic heterocycles. The fourth-order valence-electron chi connectivity index (χ4n) is 8.63. The number of rotatable bonds is 10. The number of ether oxygens (including phenoxy) is 2. The number of carbonyl (C=O) groups excluding carboxylic acids is 4. The third-order valence-electron chi connectivity index (χ3n) is 12.2. The van der Waals surface area contributed by atoms with E-state index in [-0.39, 0.29) is 57.9 Å². The molecule has 2 aromatic carbocycles. The number of hydrogen-bond acceptors (Lipinski definition) is 8. The van der Waals surface area contributed by atoms with Crippen LogP contribution in [0.2, 0.25) is 5.02 Å². The standard InChI is InChI=1S/C42H50Cl3F3N8O6/c1-23(2)35(52-40(60)61-4)38(58)56-22-24(3)17-33(56)36-49-21-32(50-36)26-7-5-25(6-8-26)28-18-30(43)31(19-34(28)62-42(46,47)48)51-39(59)55-15-13-53(14-16-55)27-9-11-54(12-10-27)37(57)29-20-41(29,44)45/h5-8,18-19,21,23-24,27,29,33,35H,9-17,20,22H2,1-4H3,(H,49,50)(H,51,59)(H,52,60)/t24?,29-,33-,35?/m0/s1. The first-order valence-electron chi connectivity index (χ1n) is 20.7. The molecule has 5 amide bonds. The zero-order valence-corrected chi connectivity index (χ0v) is 37.0. The summed E-state index contributed by atoms with van der Waals surface area (Å²) in [4.78, 5) is 67.1.